The minimum Gasteiger partial charge on any atom is -0.478 e. The van der Waals surface area contributed by atoms with Crippen molar-refractivity contribution in [2.24, 2.45) is 0 Å². The van der Waals surface area contributed by atoms with Gasteiger partial charge in [-0.15, -0.1) is 0 Å². The van der Waals surface area contributed by atoms with E-state index in [9.17, 15) is 9.90 Å². The van der Waals surface area contributed by atoms with Gasteiger partial charge in [0.15, 0.2) is 11.5 Å². The number of benzene rings is 3. The first kappa shape index (κ1) is 21.4. The van der Waals surface area contributed by atoms with Crippen LogP contribution in [0.3, 0.4) is 0 Å². The van der Waals surface area contributed by atoms with Gasteiger partial charge in [-0.1, -0.05) is 46.9 Å². The van der Waals surface area contributed by atoms with Crippen molar-refractivity contribution in [3.8, 4) is 23.0 Å². The molecule has 0 fully saturated rings. The number of halogens is 3. The first-order chi connectivity index (χ1) is 14.9. The van der Waals surface area contributed by atoms with Gasteiger partial charge in [0.1, 0.15) is 11.5 Å². The van der Waals surface area contributed by atoms with E-state index in [-0.39, 0.29) is 18.8 Å². The summed E-state index contributed by atoms with van der Waals surface area (Å²) in [6.45, 7) is 0.118. The number of rotatable bonds is 6. The van der Waals surface area contributed by atoms with Gasteiger partial charge in [0.05, 0.1) is 0 Å². The van der Waals surface area contributed by atoms with Crippen LogP contribution in [0.15, 0.2) is 60.2 Å². The summed E-state index contributed by atoms with van der Waals surface area (Å²) in [7, 11) is 0. The Kier molecular flexibility index (Phi) is 6.28. The zero-order valence-electron chi connectivity index (χ0n) is 15.9. The zero-order chi connectivity index (χ0) is 22.0. The molecule has 1 aliphatic rings. The van der Waals surface area contributed by atoms with E-state index in [0.717, 1.165) is 0 Å². The Bertz CT molecular complexity index is 1150. The number of carbonyl (C=O) groups is 1. The largest absolute Gasteiger partial charge is 0.478 e. The molecule has 0 atom stereocenters. The molecule has 3 aromatic rings. The lowest BCUT2D eigenvalue weighted by atomic mass is 10.0. The molecule has 3 aromatic carbocycles. The third-order valence-electron chi connectivity index (χ3n) is 4.49. The molecule has 1 aliphatic heterocycles. The van der Waals surface area contributed by atoms with Gasteiger partial charge in [0, 0.05) is 33.1 Å². The lowest BCUT2D eigenvalue weighted by Crippen LogP contribution is -2.04. The molecule has 0 radical (unpaired) electrons. The van der Waals surface area contributed by atoms with Crippen LogP contribution in [-0.2, 0) is 11.2 Å². The first-order valence-corrected chi connectivity index (χ1v) is 10.3. The van der Waals surface area contributed by atoms with E-state index >= 15 is 0 Å². The molecule has 0 amide bonds. The van der Waals surface area contributed by atoms with E-state index in [0.29, 0.717) is 49.2 Å². The van der Waals surface area contributed by atoms with Crippen molar-refractivity contribution in [2.75, 3.05) is 6.79 Å². The highest BCUT2D eigenvalue weighted by Gasteiger charge is 2.19. The van der Waals surface area contributed by atoms with Gasteiger partial charge < -0.3 is 19.3 Å². The molecule has 31 heavy (non-hydrogen) atoms. The van der Waals surface area contributed by atoms with Crippen LogP contribution in [0.4, 0.5) is 0 Å². The Morgan fingerprint density at radius 3 is 2.23 bits per heavy atom. The Balaban J connectivity index is 1.53. The van der Waals surface area contributed by atoms with Gasteiger partial charge in [-0.25, -0.2) is 4.79 Å². The van der Waals surface area contributed by atoms with Crippen molar-refractivity contribution in [3.05, 3.63) is 86.4 Å². The summed E-state index contributed by atoms with van der Waals surface area (Å²) in [6, 6.07) is 15.2. The predicted molar refractivity (Wildman–Crippen MR) is 120 cm³/mol. The van der Waals surface area contributed by atoms with Crippen molar-refractivity contribution < 1.29 is 24.1 Å². The number of carboxylic acids is 1. The predicted octanol–water partition coefficient (Wildman–Crippen LogP) is 6.88. The van der Waals surface area contributed by atoms with Crippen molar-refractivity contribution >= 4 is 46.8 Å². The molecule has 0 unspecified atom stereocenters. The normalized spacial score (nSPS) is 12.7. The molecule has 0 aliphatic carbocycles. The Hall–Kier alpha value is -2.86. The summed E-state index contributed by atoms with van der Waals surface area (Å²) in [5.74, 6) is 1.12. The summed E-state index contributed by atoms with van der Waals surface area (Å²) >= 11 is 18.3. The maximum atomic E-state index is 11.8. The van der Waals surface area contributed by atoms with E-state index in [4.69, 9.17) is 49.0 Å². The van der Waals surface area contributed by atoms with Gasteiger partial charge in [-0.2, -0.15) is 0 Å². The molecular weight excluding hydrogens is 463 g/mol. The van der Waals surface area contributed by atoms with E-state index in [2.05, 4.69) is 0 Å². The van der Waals surface area contributed by atoms with Gasteiger partial charge in [-0.05, 0) is 53.6 Å². The molecular formula is C23H15Cl3O5. The SMILES string of the molecule is O=C(O)C(=Cc1ccc(Oc2cc(Cl)cc(Cl)c2)cc1)Cc1cc2c(cc1Cl)OCO2. The summed E-state index contributed by atoms with van der Waals surface area (Å²) in [5.41, 5.74) is 1.51. The van der Waals surface area contributed by atoms with Crippen molar-refractivity contribution in [3.63, 3.8) is 0 Å². The molecule has 0 spiro atoms. The number of hydrogen-bond donors (Lipinski definition) is 1. The summed E-state index contributed by atoms with van der Waals surface area (Å²) in [4.78, 5) is 11.8. The topological polar surface area (TPSA) is 65.0 Å². The Morgan fingerprint density at radius 2 is 1.58 bits per heavy atom. The summed E-state index contributed by atoms with van der Waals surface area (Å²) in [5, 5.41) is 11.0. The minimum absolute atomic E-state index is 0.118. The fourth-order valence-corrected chi connectivity index (χ4v) is 3.77. The average Bonchev–Trinajstić information content (AvgIpc) is 3.15. The second-order valence-electron chi connectivity index (χ2n) is 6.72. The first-order valence-electron chi connectivity index (χ1n) is 9.13. The van der Waals surface area contributed by atoms with Gasteiger partial charge in [-0.3, -0.25) is 0 Å². The quantitative estimate of drug-likeness (QED) is 0.392. The smallest absolute Gasteiger partial charge is 0.331 e. The molecule has 1 heterocycles. The van der Waals surface area contributed by atoms with Crippen LogP contribution < -0.4 is 14.2 Å². The second-order valence-corrected chi connectivity index (χ2v) is 8.00. The van der Waals surface area contributed by atoms with Crippen LogP contribution in [0.1, 0.15) is 11.1 Å². The fourth-order valence-electron chi connectivity index (χ4n) is 3.05. The van der Waals surface area contributed by atoms with Crippen LogP contribution in [0.5, 0.6) is 23.0 Å². The van der Waals surface area contributed by atoms with Gasteiger partial charge >= 0.3 is 5.97 Å². The zero-order valence-corrected chi connectivity index (χ0v) is 18.2. The summed E-state index contributed by atoms with van der Waals surface area (Å²) < 4.78 is 16.4. The van der Waals surface area contributed by atoms with E-state index in [1.807, 2.05) is 0 Å². The number of fused-ring (bicyclic) bond motifs is 1. The Morgan fingerprint density at radius 1 is 0.935 bits per heavy atom. The molecule has 158 valence electrons. The van der Waals surface area contributed by atoms with Gasteiger partial charge in [0.25, 0.3) is 0 Å². The van der Waals surface area contributed by atoms with Crippen molar-refractivity contribution in [1.82, 2.24) is 0 Å². The number of ether oxygens (including phenoxy) is 3. The number of carboxylic acid groups (broad SMARTS) is 1. The number of hydrogen-bond acceptors (Lipinski definition) is 4. The molecule has 0 saturated heterocycles. The van der Waals surface area contributed by atoms with Crippen molar-refractivity contribution in [1.29, 1.82) is 0 Å². The monoisotopic (exact) mass is 476 g/mol. The molecule has 4 rings (SSSR count). The van der Waals surface area contributed by atoms with Crippen LogP contribution in [-0.4, -0.2) is 17.9 Å². The maximum absolute atomic E-state index is 11.8. The second kappa shape index (κ2) is 9.10. The molecule has 8 heteroatoms. The maximum Gasteiger partial charge on any atom is 0.331 e. The van der Waals surface area contributed by atoms with Gasteiger partial charge in [0.2, 0.25) is 6.79 Å². The highest BCUT2D eigenvalue weighted by molar-refractivity contribution is 6.34. The average molecular weight is 478 g/mol. The molecule has 5 nitrogen and oxygen atoms in total. The lowest BCUT2D eigenvalue weighted by molar-refractivity contribution is -0.132. The summed E-state index contributed by atoms with van der Waals surface area (Å²) in [6.07, 6.45) is 1.72. The molecule has 0 bridgehead atoms. The third kappa shape index (κ3) is 5.25. The van der Waals surface area contributed by atoms with Crippen LogP contribution in [0.2, 0.25) is 15.1 Å². The standard InChI is InChI=1S/C23H15Cl3O5/c24-16-8-17(25)10-19(9-16)31-18-3-1-13(2-4-18)5-15(23(27)28)6-14-7-21-22(11-20(14)26)30-12-29-21/h1-5,7-11H,6,12H2,(H,27,28). The third-order valence-corrected chi connectivity index (χ3v) is 5.28. The van der Waals surface area contributed by atoms with E-state index < -0.39 is 5.97 Å². The fraction of sp³-hybridized carbons (Fsp3) is 0.0870. The van der Waals surface area contributed by atoms with E-state index in [1.165, 1.54) is 0 Å². The number of aliphatic carboxylic acids is 1. The minimum atomic E-state index is -1.04. The molecule has 0 saturated carbocycles. The Labute approximate surface area is 193 Å². The highest BCUT2D eigenvalue weighted by atomic mass is 35.5. The molecule has 1 N–H and O–H groups in total. The van der Waals surface area contributed by atoms with E-state index in [1.54, 1.807) is 60.7 Å². The van der Waals surface area contributed by atoms with Crippen LogP contribution in [0, 0.1) is 0 Å². The molecule has 0 aromatic heterocycles. The lowest BCUT2D eigenvalue weighted by Gasteiger charge is -2.09. The highest BCUT2D eigenvalue weighted by Crippen LogP contribution is 2.37. The van der Waals surface area contributed by atoms with Crippen LogP contribution in [0.25, 0.3) is 6.08 Å². The van der Waals surface area contributed by atoms with Crippen molar-refractivity contribution in [2.45, 2.75) is 6.42 Å². The van der Waals surface area contributed by atoms with Crippen LogP contribution >= 0.6 is 34.8 Å².